The summed E-state index contributed by atoms with van der Waals surface area (Å²) < 4.78 is 0. The Bertz CT molecular complexity index is 2600. The molecule has 0 atom stereocenters. The molecule has 0 heteroatoms. The number of fused-ring (bicyclic) bond motifs is 6. The number of benzene rings is 9. The Morgan fingerprint density at radius 1 is 0.356 bits per heavy atom. The van der Waals surface area contributed by atoms with Crippen LogP contribution < -0.4 is 0 Å². The molecule has 9 aromatic rings. The summed E-state index contributed by atoms with van der Waals surface area (Å²) >= 11 is 0. The van der Waals surface area contributed by atoms with E-state index in [-0.39, 0.29) is 5.41 Å². The van der Waals surface area contributed by atoms with Crippen molar-refractivity contribution in [1.29, 1.82) is 0 Å². The van der Waals surface area contributed by atoms with E-state index in [4.69, 9.17) is 0 Å². The normalized spacial score (nSPS) is 13.7. The van der Waals surface area contributed by atoms with Gasteiger partial charge in [0.15, 0.2) is 0 Å². The third-order valence-corrected chi connectivity index (χ3v) is 10.5. The maximum Gasteiger partial charge on any atom is 0.0165 e. The Balaban J connectivity index is 1.15. The first-order valence-electron chi connectivity index (χ1n) is 15.9. The van der Waals surface area contributed by atoms with Crippen LogP contribution in [-0.2, 0) is 5.41 Å². The minimum atomic E-state index is -0.131. The Kier molecular flexibility index (Phi) is 4.88. The van der Waals surface area contributed by atoms with E-state index in [1.807, 2.05) is 0 Å². The molecule has 0 fully saturated rings. The fraction of sp³-hybridized carbons (Fsp3) is 0.0667. The van der Waals surface area contributed by atoms with Gasteiger partial charge < -0.3 is 0 Å². The van der Waals surface area contributed by atoms with Crippen molar-refractivity contribution in [2.24, 2.45) is 0 Å². The third kappa shape index (κ3) is 3.37. The standard InChI is InChI=1S/C45H30/c1-45(2)41-26-30(33-24-31-18-16-28-10-5-11-29-17-19-32(25-33)43(31)42(28)29)20-21-38(41)40-23-22-37-36(14-7-15-39(37)44(40)45)35-13-6-9-27-8-3-4-12-34(27)35/h3-26H,1-2H3. The first kappa shape index (κ1) is 24.9. The van der Waals surface area contributed by atoms with Crippen LogP contribution in [0.1, 0.15) is 25.0 Å². The molecule has 0 spiro atoms. The van der Waals surface area contributed by atoms with E-state index in [0.29, 0.717) is 0 Å². The monoisotopic (exact) mass is 570 g/mol. The number of hydrogen-bond donors (Lipinski definition) is 0. The van der Waals surface area contributed by atoms with Crippen molar-refractivity contribution in [3.63, 3.8) is 0 Å². The van der Waals surface area contributed by atoms with Crippen LogP contribution in [0, 0.1) is 0 Å². The van der Waals surface area contributed by atoms with Crippen LogP contribution in [0.25, 0.3) is 87.2 Å². The Hall–Kier alpha value is -5.46. The minimum Gasteiger partial charge on any atom is -0.0616 e. The van der Waals surface area contributed by atoms with Crippen LogP contribution in [0.5, 0.6) is 0 Å². The molecule has 1 aliphatic carbocycles. The maximum atomic E-state index is 2.46. The van der Waals surface area contributed by atoms with Crippen molar-refractivity contribution in [1.82, 2.24) is 0 Å². The van der Waals surface area contributed by atoms with Crippen molar-refractivity contribution in [3.05, 3.63) is 157 Å². The zero-order valence-corrected chi connectivity index (χ0v) is 25.4. The van der Waals surface area contributed by atoms with Crippen molar-refractivity contribution in [3.8, 4) is 33.4 Å². The van der Waals surface area contributed by atoms with Crippen molar-refractivity contribution in [2.75, 3.05) is 0 Å². The van der Waals surface area contributed by atoms with Gasteiger partial charge >= 0.3 is 0 Å². The summed E-state index contributed by atoms with van der Waals surface area (Å²) in [7, 11) is 0. The summed E-state index contributed by atoms with van der Waals surface area (Å²) in [4.78, 5) is 0. The highest BCUT2D eigenvalue weighted by atomic mass is 14.4. The molecule has 0 bridgehead atoms. The van der Waals surface area contributed by atoms with Crippen molar-refractivity contribution in [2.45, 2.75) is 19.3 Å². The second kappa shape index (κ2) is 8.80. The minimum absolute atomic E-state index is 0.131. The highest BCUT2D eigenvalue weighted by Gasteiger charge is 2.37. The highest BCUT2D eigenvalue weighted by molar-refractivity contribution is 6.23. The smallest absolute Gasteiger partial charge is 0.0165 e. The maximum absolute atomic E-state index is 2.46. The lowest BCUT2D eigenvalue weighted by molar-refractivity contribution is 0.666. The van der Waals surface area contributed by atoms with Gasteiger partial charge in [0.25, 0.3) is 0 Å². The van der Waals surface area contributed by atoms with E-state index >= 15 is 0 Å². The van der Waals surface area contributed by atoms with E-state index in [2.05, 4.69) is 159 Å². The summed E-state index contributed by atoms with van der Waals surface area (Å²) in [5.74, 6) is 0. The molecule has 0 saturated carbocycles. The van der Waals surface area contributed by atoms with Gasteiger partial charge in [-0.05, 0) is 117 Å². The lowest BCUT2D eigenvalue weighted by Crippen LogP contribution is -2.15. The molecule has 0 nitrogen and oxygen atoms in total. The van der Waals surface area contributed by atoms with Gasteiger partial charge in [-0.25, -0.2) is 0 Å². The molecule has 210 valence electrons. The first-order valence-corrected chi connectivity index (χ1v) is 15.9. The molecular formula is C45H30. The molecule has 0 saturated heterocycles. The average molecular weight is 571 g/mol. The lowest BCUT2D eigenvalue weighted by Gasteiger charge is -2.24. The molecule has 0 amide bonds. The van der Waals surface area contributed by atoms with Crippen LogP contribution in [0.3, 0.4) is 0 Å². The second-order valence-corrected chi connectivity index (χ2v) is 13.3. The molecule has 10 rings (SSSR count). The van der Waals surface area contributed by atoms with Gasteiger partial charge in [0.2, 0.25) is 0 Å². The Morgan fingerprint density at radius 3 is 1.73 bits per heavy atom. The molecule has 0 aromatic heterocycles. The van der Waals surface area contributed by atoms with E-state index in [9.17, 15) is 0 Å². The zero-order valence-electron chi connectivity index (χ0n) is 25.4. The van der Waals surface area contributed by atoms with Gasteiger partial charge in [0, 0.05) is 5.41 Å². The Labute approximate surface area is 262 Å². The number of rotatable bonds is 2. The molecule has 0 aliphatic heterocycles. The molecule has 0 heterocycles. The van der Waals surface area contributed by atoms with Crippen LogP contribution in [0.15, 0.2) is 146 Å². The van der Waals surface area contributed by atoms with Gasteiger partial charge in [-0.3, -0.25) is 0 Å². The Morgan fingerprint density at radius 2 is 0.933 bits per heavy atom. The van der Waals surface area contributed by atoms with Gasteiger partial charge in [0.1, 0.15) is 0 Å². The van der Waals surface area contributed by atoms with Gasteiger partial charge in [-0.2, -0.15) is 0 Å². The topological polar surface area (TPSA) is 0 Å². The molecule has 9 aromatic carbocycles. The highest BCUT2D eigenvalue weighted by Crippen LogP contribution is 2.53. The fourth-order valence-electron chi connectivity index (χ4n) is 8.48. The lowest BCUT2D eigenvalue weighted by atomic mass is 9.79. The molecule has 0 N–H and O–H groups in total. The third-order valence-electron chi connectivity index (χ3n) is 10.5. The van der Waals surface area contributed by atoms with Crippen LogP contribution in [0.4, 0.5) is 0 Å². The summed E-state index contributed by atoms with van der Waals surface area (Å²) in [6.45, 7) is 4.82. The first-order chi connectivity index (χ1) is 22.1. The molecule has 0 radical (unpaired) electrons. The van der Waals surface area contributed by atoms with E-state index in [1.165, 1.54) is 98.4 Å². The second-order valence-electron chi connectivity index (χ2n) is 13.3. The summed E-state index contributed by atoms with van der Waals surface area (Å²) in [5, 5.41) is 13.2. The molecular weight excluding hydrogens is 540 g/mol. The predicted octanol–water partition coefficient (Wildman–Crippen LogP) is 12.5. The SMILES string of the molecule is CC1(C)c2cc(-c3cc4ccc5cccc6ccc(c3)c4c56)ccc2-c2ccc3c(-c4cccc5ccccc45)cccc3c21. The summed E-state index contributed by atoms with van der Waals surface area (Å²) in [5.41, 5.74) is 10.6. The number of hydrogen-bond acceptors (Lipinski definition) is 0. The average Bonchev–Trinajstić information content (AvgIpc) is 3.32. The van der Waals surface area contributed by atoms with E-state index < -0.39 is 0 Å². The van der Waals surface area contributed by atoms with Crippen LogP contribution >= 0.6 is 0 Å². The van der Waals surface area contributed by atoms with Crippen molar-refractivity contribution >= 4 is 53.9 Å². The van der Waals surface area contributed by atoms with E-state index in [1.54, 1.807) is 0 Å². The molecule has 45 heavy (non-hydrogen) atoms. The zero-order chi connectivity index (χ0) is 29.9. The fourth-order valence-corrected chi connectivity index (χ4v) is 8.48. The van der Waals surface area contributed by atoms with Gasteiger partial charge in [-0.1, -0.05) is 141 Å². The van der Waals surface area contributed by atoms with Crippen LogP contribution in [-0.4, -0.2) is 0 Å². The van der Waals surface area contributed by atoms with Crippen molar-refractivity contribution < 1.29 is 0 Å². The van der Waals surface area contributed by atoms with E-state index in [0.717, 1.165) is 0 Å². The largest absolute Gasteiger partial charge is 0.0616 e. The summed E-state index contributed by atoms with van der Waals surface area (Å²) in [6.07, 6.45) is 0. The van der Waals surface area contributed by atoms with Crippen LogP contribution in [0.2, 0.25) is 0 Å². The predicted molar refractivity (Wildman–Crippen MR) is 194 cm³/mol. The van der Waals surface area contributed by atoms with Gasteiger partial charge in [0.05, 0.1) is 0 Å². The molecule has 1 aliphatic rings. The summed E-state index contributed by atoms with van der Waals surface area (Å²) in [6, 6.07) is 54.6. The van der Waals surface area contributed by atoms with Gasteiger partial charge in [-0.15, -0.1) is 0 Å². The molecule has 0 unspecified atom stereocenters. The quantitative estimate of drug-likeness (QED) is 0.181.